The third kappa shape index (κ3) is 3.84. The number of aromatic nitrogens is 2. The summed E-state index contributed by atoms with van der Waals surface area (Å²) in [5.74, 6) is 1.75. The molecule has 1 aromatic heterocycles. The minimum atomic E-state index is -3.43. The van der Waals surface area contributed by atoms with Crippen molar-refractivity contribution in [2.24, 2.45) is 0 Å². The molecule has 0 aliphatic rings. The zero-order valence-corrected chi connectivity index (χ0v) is 10.4. The lowest BCUT2D eigenvalue weighted by Crippen LogP contribution is -2.34. The maximum absolute atomic E-state index is 11.7. The summed E-state index contributed by atoms with van der Waals surface area (Å²) in [5.41, 5.74) is 0. The number of rotatable bonds is 6. The molecule has 1 heterocycles. The lowest BCUT2D eigenvalue weighted by Gasteiger charge is -2.11. The lowest BCUT2D eigenvalue weighted by atomic mass is 10.4. The molecule has 0 aromatic carbocycles. The van der Waals surface area contributed by atoms with Crippen molar-refractivity contribution in [3.8, 4) is 0 Å². The second-order valence-electron chi connectivity index (χ2n) is 3.10. The first-order valence-electron chi connectivity index (χ1n) is 4.64. The standard InChI is InChI=1S/C8H15N3O2S2/c1-3-14-5-7(2)11-15(12,13)8-4-9-6-10-8/h4,6-7,11H,3,5H2,1-2H3,(H,9,10). The molecule has 0 radical (unpaired) electrons. The summed E-state index contributed by atoms with van der Waals surface area (Å²) in [7, 11) is -3.43. The quantitative estimate of drug-likeness (QED) is 0.783. The summed E-state index contributed by atoms with van der Waals surface area (Å²) in [6.07, 6.45) is 2.64. The van der Waals surface area contributed by atoms with Gasteiger partial charge in [-0.25, -0.2) is 18.1 Å². The van der Waals surface area contributed by atoms with E-state index in [9.17, 15) is 8.42 Å². The van der Waals surface area contributed by atoms with Gasteiger partial charge in [-0.3, -0.25) is 0 Å². The van der Waals surface area contributed by atoms with E-state index in [0.29, 0.717) is 0 Å². The number of hydrogen-bond acceptors (Lipinski definition) is 4. The molecule has 0 spiro atoms. The molecule has 0 saturated carbocycles. The first-order valence-corrected chi connectivity index (χ1v) is 7.28. The van der Waals surface area contributed by atoms with Gasteiger partial charge in [-0.1, -0.05) is 6.92 Å². The Morgan fingerprint density at radius 3 is 2.93 bits per heavy atom. The maximum atomic E-state index is 11.7. The molecule has 86 valence electrons. The molecule has 0 fully saturated rings. The average molecular weight is 249 g/mol. The summed E-state index contributed by atoms with van der Waals surface area (Å²) in [6, 6.07) is -0.0803. The van der Waals surface area contributed by atoms with Crippen LogP contribution in [0.1, 0.15) is 13.8 Å². The van der Waals surface area contributed by atoms with E-state index in [1.54, 1.807) is 11.8 Å². The van der Waals surface area contributed by atoms with Crippen LogP contribution in [-0.2, 0) is 10.0 Å². The van der Waals surface area contributed by atoms with E-state index in [1.807, 2.05) is 13.8 Å². The highest BCUT2D eigenvalue weighted by molar-refractivity contribution is 7.99. The van der Waals surface area contributed by atoms with Crippen LogP contribution in [0.25, 0.3) is 0 Å². The van der Waals surface area contributed by atoms with Crippen LogP contribution in [0.5, 0.6) is 0 Å². The van der Waals surface area contributed by atoms with Crippen LogP contribution in [0.15, 0.2) is 17.6 Å². The first-order chi connectivity index (χ1) is 7.06. The van der Waals surface area contributed by atoms with Gasteiger partial charge < -0.3 is 4.98 Å². The molecule has 15 heavy (non-hydrogen) atoms. The van der Waals surface area contributed by atoms with E-state index in [4.69, 9.17) is 0 Å². The van der Waals surface area contributed by atoms with Crippen molar-refractivity contribution < 1.29 is 8.42 Å². The lowest BCUT2D eigenvalue weighted by molar-refractivity contribution is 0.568. The molecule has 0 bridgehead atoms. The van der Waals surface area contributed by atoms with Crippen LogP contribution in [0, 0.1) is 0 Å². The third-order valence-electron chi connectivity index (χ3n) is 1.69. The molecule has 1 rings (SSSR count). The Kier molecular flexibility index (Phi) is 4.62. The van der Waals surface area contributed by atoms with E-state index >= 15 is 0 Å². The summed E-state index contributed by atoms with van der Waals surface area (Å²) < 4.78 is 25.9. The highest BCUT2D eigenvalue weighted by Gasteiger charge is 2.18. The van der Waals surface area contributed by atoms with Crippen molar-refractivity contribution in [1.29, 1.82) is 0 Å². The van der Waals surface area contributed by atoms with Gasteiger partial charge in [0.05, 0.1) is 12.5 Å². The Morgan fingerprint density at radius 1 is 1.67 bits per heavy atom. The number of H-pyrrole nitrogens is 1. The second kappa shape index (κ2) is 5.53. The predicted octanol–water partition coefficient (Wildman–Crippen LogP) is 0.830. The molecule has 0 saturated heterocycles. The van der Waals surface area contributed by atoms with Crippen LogP contribution in [-0.4, -0.2) is 35.9 Å². The largest absolute Gasteiger partial charge is 0.335 e. The summed E-state index contributed by atoms with van der Waals surface area (Å²) in [4.78, 5) is 6.25. The van der Waals surface area contributed by atoms with Crippen LogP contribution >= 0.6 is 11.8 Å². The molecule has 5 nitrogen and oxygen atoms in total. The fraction of sp³-hybridized carbons (Fsp3) is 0.625. The van der Waals surface area contributed by atoms with Gasteiger partial charge in [0.25, 0.3) is 10.0 Å². The maximum Gasteiger partial charge on any atom is 0.257 e. The van der Waals surface area contributed by atoms with Gasteiger partial charge >= 0.3 is 0 Å². The van der Waals surface area contributed by atoms with E-state index in [-0.39, 0.29) is 11.1 Å². The minimum absolute atomic E-state index is 0.0803. The third-order valence-corrected chi connectivity index (χ3v) is 4.35. The summed E-state index contributed by atoms with van der Waals surface area (Å²) in [5, 5.41) is 0.107. The van der Waals surface area contributed by atoms with Crippen molar-refractivity contribution in [1.82, 2.24) is 14.7 Å². The van der Waals surface area contributed by atoms with Crippen molar-refractivity contribution in [3.05, 3.63) is 12.5 Å². The van der Waals surface area contributed by atoms with Crippen molar-refractivity contribution >= 4 is 21.8 Å². The van der Waals surface area contributed by atoms with E-state index < -0.39 is 10.0 Å². The Hall–Kier alpha value is -0.530. The van der Waals surface area contributed by atoms with Crippen LogP contribution in [0.2, 0.25) is 0 Å². The minimum Gasteiger partial charge on any atom is -0.335 e. The number of aromatic amines is 1. The van der Waals surface area contributed by atoms with Crippen LogP contribution < -0.4 is 4.72 Å². The number of thioether (sulfide) groups is 1. The fourth-order valence-corrected chi connectivity index (χ4v) is 2.97. The monoisotopic (exact) mass is 249 g/mol. The highest BCUT2D eigenvalue weighted by Crippen LogP contribution is 2.06. The van der Waals surface area contributed by atoms with E-state index in [1.165, 1.54) is 12.5 Å². The van der Waals surface area contributed by atoms with Crippen LogP contribution in [0.3, 0.4) is 0 Å². The summed E-state index contributed by atoms with van der Waals surface area (Å²) in [6.45, 7) is 3.89. The second-order valence-corrected chi connectivity index (χ2v) is 6.10. The van der Waals surface area contributed by atoms with Gasteiger partial charge in [0.1, 0.15) is 0 Å². The number of sulfonamides is 1. The normalized spacial score (nSPS) is 14.0. The zero-order valence-electron chi connectivity index (χ0n) is 8.73. The molecule has 2 N–H and O–H groups in total. The Labute approximate surface area is 94.1 Å². The summed E-state index contributed by atoms with van der Waals surface area (Å²) >= 11 is 1.70. The zero-order chi connectivity index (χ0) is 11.3. The van der Waals surface area contributed by atoms with E-state index in [0.717, 1.165) is 11.5 Å². The molecule has 1 atom stereocenters. The molecule has 1 aromatic rings. The predicted molar refractivity (Wildman–Crippen MR) is 61.4 cm³/mol. The highest BCUT2D eigenvalue weighted by atomic mass is 32.2. The molecule has 0 aliphatic heterocycles. The topological polar surface area (TPSA) is 74.8 Å². The Morgan fingerprint density at radius 2 is 2.40 bits per heavy atom. The van der Waals surface area contributed by atoms with Crippen molar-refractivity contribution in [2.45, 2.75) is 24.9 Å². The molecule has 0 amide bonds. The number of hydrogen-bond donors (Lipinski definition) is 2. The molecule has 1 unspecified atom stereocenters. The smallest absolute Gasteiger partial charge is 0.257 e. The number of nitrogens with one attached hydrogen (secondary N) is 2. The first kappa shape index (κ1) is 12.5. The van der Waals surface area contributed by atoms with Gasteiger partial charge in [-0.15, -0.1) is 0 Å². The average Bonchev–Trinajstić information content (AvgIpc) is 2.67. The van der Waals surface area contributed by atoms with Gasteiger partial charge in [-0.05, 0) is 12.7 Å². The van der Waals surface area contributed by atoms with Crippen LogP contribution in [0.4, 0.5) is 0 Å². The fourth-order valence-electron chi connectivity index (χ4n) is 1.05. The SMILES string of the molecule is CCSCC(C)NS(=O)(=O)c1cnc[nH]1. The Bertz CT molecular complexity index is 375. The van der Waals surface area contributed by atoms with Crippen molar-refractivity contribution in [3.63, 3.8) is 0 Å². The van der Waals surface area contributed by atoms with Gasteiger partial charge in [0.2, 0.25) is 0 Å². The molecular formula is C8H15N3O2S2. The molecule has 7 heteroatoms. The molecule has 0 aliphatic carbocycles. The van der Waals surface area contributed by atoms with Gasteiger partial charge in [0.15, 0.2) is 5.03 Å². The van der Waals surface area contributed by atoms with Gasteiger partial charge in [0, 0.05) is 11.8 Å². The Balaban J connectivity index is 2.57. The number of nitrogens with zero attached hydrogens (tertiary/aromatic N) is 1. The van der Waals surface area contributed by atoms with E-state index in [2.05, 4.69) is 14.7 Å². The number of imidazole rings is 1. The van der Waals surface area contributed by atoms with Crippen molar-refractivity contribution in [2.75, 3.05) is 11.5 Å². The molecular weight excluding hydrogens is 234 g/mol. The van der Waals surface area contributed by atoms with Gasteiger partial charge in [-0.2, -0.15) is 11.8 Å².